The number of hydrogen-bond donors (Lipinski definition) is 2. The normalized spacial score (nSPS) is 10.9. The van der Waals surface area contributed by atoms with Crippen LogP contribution in [0.4, 0.5) is 17.1 Å². The Kier molecular flexibility index (Phi) is 10.7. The van der Waals surface area contributed by atoms with Gasteiger partial charge in [0.15, 0.2) is 0 Å². The van der Waals surface area contributed by atoms with Gasteiger partial charge in [-0.25, -0.2) is 0 Å². The summed E-state index contributed by atoms with van der Waals surface area (Å²) in [5.74, 6) is 0. The second-order valence-electron chi connectivity index (χ2n) is 9.25. The molecule has 0 aliphatic rings. The molecule has 0 bridgehead atoms. The molecule has 0 atom stereocenters. The summed E-state index contributed by atoms with van der Waals surface area (Å²) in [5, 5.41) is 19.0. The standard InChI is InChI=1S/C30H40BNO2/c1-3-5-7-9-11-25-13-19-28(20-14-25)32(30-23-17-27(18-24-30)31(33)34)29-21-15-26(16-22-29)12-10-8-6-4-2/h13-24,33-34H,3-12H2,1-2H3. The average Bonchev–Trinajstić information content (AvgIpc) is 2.87. The number of aryl methyl sites for hydroxylation is 2. The number of anilines is 3. The molecule has 3 rings (SSSR count). The first-order chi connectivity index (χ1) is 16.6. The van der Waals surface area contributed by atoms with E-state index in [9.17, 15) is 10.0 Å². The highest BCUT2D eigenvalue weighted by atomic mass is 16.4. The average molecular weight is 457 g/mol. The van der Waals surface area contributed by atoms with Crippen LogP contribution in [0.5, 0.6) is 0 Å². The Labute approximate surface area is 206 Å². The zero-order valence-corrected chi connectivity index (χ0v) is 20.9. The van der Waals surface area contributed by atoms with E-state index in [1.807, 2.05) is 12.1 Å². The maximum absolute atomic E-state index is 9.50. The lowest BCUT2D eigenvalue weighted by Gasteiger charge is -2.26. The molecule has 0 saturated heterocycles. The number of rotatable bonds is 14. The van der Waals surface area contributed by atoms with Crippen LogP contribution >= 0.6 is 0 Å². The van der Waals surface area contributed by atoms with E-state index in [0.29, 0.717) is 5.46 Å². The molecule has 3 aromatic carbocycles. The molecular formula is C30H40BNO2. The summed E-state index contributed by atoms with van der Waals surface area (Å²) < 4.78 is 0. The molecule has 0 saturated carbocycles. The third kappa shape index (κ3) is 7.75. The van der Waals surface area contributed by atoms with E-state index in [-0.39, 0.29) is 0 Å². The first-order valence-corrected chi connectivity index (χ1v) is 13.1. The van der Waals surface area contributed by atoms with Crippen LogP contribution in [0.15, 0.2) is 72.8 Å². The van der Waals surface area contributed by atoms with Gasteiger partial charge in [-0.3, -0.25) is 0 Å². The zero-order chi connectivity index (χ0) is 24.2. The minimum absolute atomic E-state index is 0.494. The van der Waals surface area contributed by atoms with Crippen molar-refractivity contribution in [2.24, 2.45) is 0 Å². The molecular weight excluding hydrogens is 417 g/mol. The van der Waals surface area contributed by atoms with E-state index in [4.69, 9.17) is 0 Å². The van der Waals surface area contributed by atoms with Gasteiger partial charge in [-0.2, -0.15) is 0 Å². The van der Waals surface area contributed by atoms with Gasteiger partial charge in [0.2, 0.25) is 0 Å². The predicted octanol–water partition coefficient (Wildman–Crippen LogP) is 7.08. The minimum Gasteiger partial charge on any atom is -0.423 e. The molecule has 0 heterocycles. The van der Waals surface area contributed by atoms with Crippen molar-refractivity contribution in [3.63, 3.8) is 0 Å². The third-order valence-electron chi connectivity index (χ3n) is 6.48. The Bertz CT molecular complexity index is 897. The van der Waals surface area contributed by atoms with Crippen LogP contribution in [0.25, 0.3) is 0 Å². The Morgan fingerprint density at radius 3 is 1.26 bits per heavy atom. The Balaban J connectivity index is 1.81. The molecule has 0 aromatic heterocycles. The van der Waals surface area contributed by atoms with Crippen LogP contribution in [0, 0.1) is 0 Å². The van der Waals surface area contributed by atoms with Gasteiger partial charge in [0, 0.05) is 17.1 Å². The fraction of sp³-hybridized carbons (Fsp3) is 0.400. The molecule has 0 amide bonds. The molecule has 0 radical (unpaired) electrons. The SMILES string of the molecule is CCCCCCc1ccc(N(c2ccc(CCCCCC)cc2)c2ccc(B(O)O)cc2)cc1. The summed E-state index contributed by atoms with van der Waals surface area (Å²) in [6.45, 7) is 4.49. The molecule has 0 fully saturated rings. The van der Waals surface area contributed by atoms with Crippen LogP contribution in [0.1, 0.15) is 76.3 Å². The van der Waals surface area contributed by atoms with E-state index in [0.717, 1.165) is 29.9 Å². The largest absolute Gasteiger partial charge is 0.488 e. The molecule has 4 heteroatoms. The van der Waals surface area contributed by atoms with Crippen molar-refractivity contribution in [3.8, 4) is 0 Å². The molecule has 3 nitrogen and oxygen atoms in total. The molecule has 2 N–H and O–H groups in total. The second-order valence-corrected chi connectivity index (χ2v) is 9.25. The van der Waals surface area contributed by atoms with E-state index in [2.05, 4.69) is 67.3 Å². The number of unbranched alkanes of at least 4 members (excludes halogenated alkanes) is 6. The second kappa shape index (κ2) is 14.0. The van der Waals surface area contributed by atoms with Crippen LogP contribution in [-0.2, 0) is 12.8 Å². The lowest BCUT2D eigenvalue weighted by atomic mass is 9.80. The van der Waals surface area contributed by atoms with Crippen molar-refractivity contribution < 1.29 is 10.0 Å². The maximum Gasteiger partial charge on any atom is 0.488 e. The molecule has 180 valence electrons. The van der Waals surface area contributed by atoms with E-state index in [1.54, 1.807) is 12.1 Å². The third-order valence-corrected chi connectivity index (χ3v) is 6.48. The summed E-state index contributed by atoms with van der Waals surface area (Å²) in [4.78, 5) is 2.23. The van der Waals surface area contributed by atoms with E-state index < -0.39 is 7.12 Å². The van der Waals surface area contributed by atoms with Gasteiger partial charge in [0.1, 0.15) is 0 Å². The van der Waals surface area contributed by atoms with Crippen molar-refractivity contribution in [1.29, 1.82) is 0 Å². The van der Waals surface area contributed by atoms with Crippen molar-refractivity contribution >= 4 is 29.6 Å². The Morgan fingerprint density at radius 2 is 0.912 bits per heavy atom. The fourth-order valence-electron chi connectivity index (χ4n) is 4.38. The topological polar surface area (TPSA) is 43.7 Å². The molecule has 34 heavy (non-hydrogen) atoms. The van der Waals surface area contributed by atoms with Gasteiger partial charge in [0.25, 0.3) is 0 Å². The van der Waals surface area contributed by atoms with Crippen molar-refractivity contribution in [2.45, 2.75) is 78.1 Å². The van der Waals surface area contributed by atoms with Gasteiger partial charge in [-0.15, -0.1) is 0 Å². The van der Waals surface area contributed by atoms with Crippen LogP contribution in [0.2, 0.25) is 0 Å². The van der Waals surface area contributed by atoms with Gasteiger partial charge in [-0.1, -0.05) is 88.8 Å². The zero-order valence-electron chi connectivity index (χ0n) is 20.9. The van der Waals surface area contributed by atoms with Gasteiger partial charge in [-0.05, 0) is 78.7 Å². The Hall–Kier alpha value is -2.56. The number of nitrogens with zero attached hydrogens (tertiary/aromatic N) is 1. The predicted molar refractivity (Wildman–Crippen MR) is 147 cm³/mol. The minimum atomic E-state index is -1.46. The number of benzene rings is 3. The smallest absolute Gasteiger partial charge is 0.423 e. The first-order valence-electron chi connectivity index (χ1n) is 13.1. The van der Waals surface area contributed by atoms with E-state index in [1.165, 1.54) is 62.5 Å². The van der Waals surface area contributed by atoms with Gasteiger partial charge >= 0.3 is 7.12 Å². The van der Waals surface area contributed by atoms with Gasteiger partial charge < -0.3 is 14.9 Å². The lowest BCUT2D eigenvalue weighted by molar-refractivity contribution is 0.426. The molecule has 0 spiro atoms. The quantitative estimate of drug-likeness (QED) is 0.201. The first kappa shape index (κ1) is 26.1. The summed E-state index contributed by atoms with van der Waals surface area (Å²) in [7, 11) is -1.46. The monoisotopic (exact) mass is 457 g/mol. The Morgan fingerprint density at radius 1 is 0.529 bits per heavy atom. The molecule has 0 unspecified atom stereocenters. The maximum atomic E-state index is 9.50. The van der Waals surface area contributed by atoms with Crippen LogP contribution < -0.4 is 10.4 Å². The van der Waals surface area contributed by atoms with Crippen molar-refractivity contribution in [1.82, 2.24) is 0 Å². The summed E-state index contributed by atoms with van der Waals surface area (Å²) >= 11 is 0. The lowest BCUT2D eigenvalue weighted by Crippen LogP contribution is -2.29. The van der Waals surface area contributed by atoms with E-state index >= 15 is 0 Å². The molecule has 0 aliphatic heterocycles. The van der Waals surface area contributed by atoms with Crippen LogP contribution in [0.3, 0.4) is 0 Å². The highest BCUT2D eigenvalue weighted by Crippen LogP contribution is 2.34. The summed E-state index contributed by atoms with van der Waals surface area (Å²) in [6, 6.07) is 25.2. The fourth-order valence-corrected chi connectivity index (χ4v) is 4.38. The number of hydrogen-bond acceptors (Lipinski definition) is 3. The summed E-state index contributed by atoms with van der Waals surface area (Å²) in [6.07, 6.45) is 12.4. The summed E-state index contributed by atoms with van der Waals surface area (Å²) in [5.41, 5.74) is 6.45. The molecule has 3 aromatic rings. The van der Waals surface area contributed by atoms with Crippen LogP contribution in [-0.4, -0.2) is 17.2 Å². The highest BCUT2D eigenvalue weighted by molar-refractivity contribution is 6.58. The highest BCUT2D eigenvalue weighted by Gasteiger charge is 2.15. The van der Waals surface area contributed by atoms with Gasteiger partial charge in [0.05, 0.1) is 0 Å². The van der Waals surface area contributed by atoms with Crippen molar-refractivity contribution in [3.05, 3.63) is 83.9 Å². The molecule has 0 aliphatic carbocycles. The van der Waals surface area contributed by atoms with Crippen molar-refractivity contribution in [2.75, 3.05) is 4.90 Å².